The highest BCUT2D eigenvalue weighted by Crippen LogP contribution is 2.37. The monoisotopic (exact) mass is 241 g/mol. The van der Waals surface area contributed by atoms with E-state index in [1.165, 1.54) is 19.3 Å². The molecule has 0 spiro atoms. The number of hydrogen-bond acceptors (Lipinski definition) is 2. The third-order valence-corrected chi connectivity index (χ3v) is 4.07. The maximum absolute atomic E-state index is 11.6. The van der Waals surface area contributed by atoms with Crippen molar-refractivity contribution in [3.8, 4) is 0 Å². The molecule has 0 atom stereocenters. The molecule has 0 heterocycles. The second-order valence-electron chi connectivity index (χ2n) is 5.37. The van der Waals surface area contributed by atoms with Gasteiger partial charge in [0.1, 0.15) is 0 Å². The molecule has 1 aliphatic rings. The summed E-state index contributed by atoms with van der Waals surface area (Å²) in [5.74, 6) is -0.577. The van der Waals surface area contributed by atoms with Crippen LogP contribution in [0.2, 0.25) is 0 Å². The number of hydrogen-bond donors (Lipinski definition) is 1. The normalized spacial score (nSPS) is 19.5. The quantitative estimate of drug-likeness (QED) is 0.744. The van der Waals surface area contributed by atoms with E-state index in [1.54, 1.807) is 0 Å². The van der Waals surface area contributed by atoms with Gasteiger partial charge in [-0.05, 0) is 32.4 Å². The fourth-order valence-corrected chi connectivity index (χ4v) is 2.83. The lowest BCUT2D eigenvalue weighted by Gasteiger charge is -2.37. The van der Waals surface area contributed by atoms with E-state index >= 15 is 0 Å². The minimum atomic E-state index is -0.577. The van der Waals surface area contributed by atoms with E-state index in [0.29, 0.717) is 0 Å². The van der Waals surface area contributed by atoms with Crippen LogP contribution in [0.3, 0.4) is 0 Å². The van der Waals surface area contributed by atoms with Crippen LogP contribution in [0.4, 0.5) is 0 Å². The average molecular weight is 241 g/mol. The zero-order chi connectivity index (χ0) is 12.7. The highest BCUT2D eigenvalue weighted by atomic mass is 16.4. The second-order valence-corrected chi connectivity index (χ2v) is 5.37. The van der Waals surface area contributed by atoms with Crippen LogP contribution < -0.4 is 0 Å². The summed E-state index contributed by atoms with van der Waals surface area (Å²) < 4.78 is 0. The van der Waals surface area contributed by atoms with Crippen molar-refractivity contribution in [3.63, 3.8) is 0 Å². The zero-order valence-corrected chi connectivity index (χ0v) is 11.4. The molecule has 0 aromatic rings. The molecule has 1 N–H and O–H groups in total. The average Bonchev–Trinajstić information content (AvgIpc) is 2.35. The number of carbonyl (C=O) groups is 1. The summed E-state index contributed by atoms with van der Waals surface area (Å²) >= 11 is 0. The van der Waals surface area contributed by atoms with Gasteiger partial charge in [-0.2, -0.15) is 0 Å². The van der Waals surface area contributed by atoms with Crippen molar-refractivity contribution in [1.82, 2.24) is 4.90 Å². The SMILES string of the molecule is CCCCN(CC)CC1(C(=O)O)CCCCC1. The number of carboxylic acids is 1. The van der Waals surface area contributed by atoms with Crippen LogP contribution in [-0.4, -0.2) is 35.6 Å². The Morgan fingerprint density at radius 3 is 2.35 bits per heavy atom. The van der Waals surface area contributed by atoms with Crippen LogP contribution >= 0.6 is 0 Å². The van der Waals surface area contributed by atoms with Crippen LogP contribution in [0.1, 0.15) is 58.8 Å². The predicted octanol–water partition coefficient (Wildman–Crippen LogP) is 3.14. The minimum absolute atomic E-state index is 0.456. The molecule has 1 fully saturated rings. The maximum Gasteiger partial charge on any atom is 0.310 e. The topological polar surface area (TPSA) is 40.5 Å². The van der Waals surface area contributed by atoms with Gasteiger partial charge in [-0.15, -0.1) is 0 Å². The largest absolute Gasteiger partial charge is 0.481 e. The lowest BCUT2D eigenvalue weighted by Crippen LogP contribution is -2.44. The fraction of sp³-hybridized carbons (Fsp3) is 0.929. The van der Waals surface area contributed by atoms with Gasteiger partial charge in [0, 0.05) is 6.54 Å². The highest BCUT2D eigenvalue weighted by molar-refractivity contribution is 5.75. The number of nitrogens with zero attached hydrogens (tertiary/aromatic N) is 1. The van der Waals surface area contributed by atoms with Gasteiger partial charge in [0.15, 0.2) is 0 Å². The van der Waals surface area contributed by atoms with Gasteiger partial charge < -0.3 is 10.0 Å². The molecule has 1 rings (SSSR count). The first kappa shape index (κ1) is 14.5. The Morgan fingerprint density at radius 2 is 1.88 bits per heavy atom. The van der Waals surface area contributed by atoms with Gasteiger partial charge in [0.2, 0.25) is 0 Å². The molecule has 0 aliphatic heterocycles. The van der Waals surface area contributed by atoms with Crippen molar-refractivity contribution in [3.05, 3.63) is 0 Å². The lowest BCUT2D eigenvalue weighted by atomic mass is 9.73. The van der Waals surface area contributed by atoms with Crippen molar-refractivity contribution >= 4 is 5.97 Å². The van der Waals surface area contributed by atoms with Gasteiger partial charge in [-0.3, -0.25) is 4.79 Å². The maximum atomic E-state index is 11.6. The molecule has 3 heteroatoms. The molecule has 0 aromatic carbocycles. The van der Waals surface area contributed by atoms with E-state index < -0.39 is 11.4 Å². The number of aliphatic carboxylic acids is 1. The van der Waals surface area contributed by atoms with Crippen molar-refractivity contribution in [2.45, 2.75) is 58.8 Å². The molecule has 17 heavy (non-hydrogen) atoms. The molecule has 0 bridgehead atoms. The summed E-state index contributed by atoms with van der Waals surface area (Å²) in [6.07, 6.45) is 7.45. The van der Waals surface area contributed by atoms with Gasteiger partial charge in [-0.25, -0.2) is 0 Å². The van der Waals surface area contributed by atoms with E-state index in [-0.39, 0.29) is 0 Å². The number of unbranched alkanes of at least 4 members (excludes halogenated alkanes) is 1. The van der Waals surface area contributed by atoms with Crippen molar-refractivity contribution in [2.24, 2.45) is 5.41 Å². The summed E-state index contributed by atoms with van der Waals surface area (Å²) in [5, 5.41) is 9.53. The number of carboxylic acid groups (broad SMARTS) is 1. The van der Waals surface area contributed by atoms with Crippen molar-refractivity contribution in [2.75, 3.05) is 19.6 Å². The van der Waals surface area contributed by atoms with E-state index in [9.17, 15) is 9.90 Å². The van der Waals surface area contributed by atoms with Crippen LogP contribution in [0.5, 0.6) is 0 Å². The Morgan fingerprint density at radius 1 is 1.24 bits per heavy atom. The third kappa shape index (κ3) is 3.98. The Kier molecular flexibility index (Phi) is 5.96. The number of rotatable bonds is 7. The first-order valence-corrected chi connectivity index (χ1v) is 7.10. The van der Waals surface area contributed by atoms with Crippen molar-refractivity contribution in [1.29, 1.82) is 0 Å². The Hall–Kier alpha value is -0.570. The summed E-state index contributed by atoms with van der Waals surface area (Å²) in [5.41, 5.74) is -0.456. The molecule has 0 aromatic heterocycles. The summed E-state index contributed by atoms with van der Waals surface area (Å²) in [6, 6.07) is 0. The standard InChI is InChI=1S/C14H27NO2/c1-3-5-11-15(4-2)12-14(13(16)17)9-7-6-8-10-14/h3-12H2,1-2H3,(H,16,17). The molecule has 100 valence electrons. The van der Waals surface area contributed by atoms with Crippen LogP contribution in [-0.2, 0) is 4.79 Å². The van der Waals surface area contributed by atoms with Crippen LogP contribution in [0, 0.1) is 5.41 Å². The molecule has 1 aliphatic carbocycles. The predicted molar refractivity (Wildman–Crippen MR) is 70.2 cm³/mol. The fourth-order valence-electron chi connectivity index (χ4n) is 2.83. The Labute approximate surface area is 105 Å². The molecular weight excluding hydrogens is 214 g/mol. The zero-order valence-electron chi connectivity index (χ0n) is 11.4. The van der Waals surface area contributed by atoms with Gasteiger partial charge >= 0.3 is 5.97 Å². The lowest BCUT2D eigenvalue weighted by molar-refractivity contribution is -0.152. The van der Waals surface area contributed by atoms with Gasteiger partial charge in [0.25, 0.3) is 0 Å². The van der Waals surface area contributed by atoms with E-state index in [0.717, 1.165) is 45.3 Å². The van der Waals surface area contributed by atoms with Gasteiger partial charge in [0.05, 0.1) is 5.41 Å². The summed E-state index contributed by atoms with van der Waals surface area (Å²) in [6.45, 7) is 7.07. The second kappa shape index (κ2) is 7.00. The summed E-state index contributed by atoms with van der Waals surface area (Å²) in [7, 11) is 0. The highest BCUT2D eigenvalue weighted by Gasteiger charge is 2.40. The Balaban J connectivity index is 2.60. The first-order chi connectivity index (χ1) is 8.14. The molecular formula is C14H27NO2. The van der Waals surface area contributed by atoms with Crippen molar-refractivity contribution < 1.29 is 9.90 Å². The third-order valence-electron chi connectivity index (χ3n) is 4.07. The van der Waals surface area contributed by atoms with Crippen LogP contribution in [0.15, 0.2) is 0 Å². The molecule has 0 unspecified atom stereocenters. The van der Waals surface area contributed by atoms with E-state index in [4.69, 9.17) is 0 Å². The molecule has 0 saturated heterocycles. The smallest absolute Gasteiger partial charge is 0.310 e. The minimum Gasteiger partial charge on any atom is -0.481 e. The molecule has 1 saturated carbocycles. The van der Waals surface area contributed by atoms with Gasteiger partial charge in [-0.1, -0.05) is 39.5 Å². The van der Waals surface area contributed by atoms with E-state index in [2.05, 4.69) is 18.7 Å². The summed E-state index contributed by atoms with van der Waals surface area (Å²) in [4.78, 5) is 13.9. The molecule has 0 radical (unpaired) electrons. The van der Waals surface area contributed by atoms with Crippen LogP contribution in [0.25, 0.3) is 0 Å². The first-order valence-electron chi connectivity index (χ1n) is 7.10. The molecule has 0 amide bonds. The molecule has 3 nitrogen and oxygen atoms in total. The van der Waals surface area contributed by atoms with E-state index in [1.807, 2.05) is 0 Å². The Bertz CT molecular complexity index is 234.